The highest BCUT2D eigenvalue weighted by Crippen LogP contribution is 2.22. The summed E-state index contributed by atoms with van der Waals surface area (Å²) in [6, 6.07) is 2.87. The van der Waals surface area contributed by atoms with Crippen LogP contribution in [-0.4, -0.2) is 74.4 Å². The topological polar surface area (TPSA) is 150 Å². The number of aromatic hydroxyl groups is 2. The Morgan fingerprint density at radius 2 is 1.82 bits per heavy atom. The number of benzene rings is 1. The van der Waals surface area contributed by atoms with E-state index >= 15 is 0 Å². The highest BCUT2D eigenvalue weighted by Gasteiger charge is 2.30. The molecule has 0 unspecified atom stereocenters. The van der Waals surface area contributed by atoms with Crippen LogP contribution in [0.1, 0.15) is 5.56 Å². The van der Waals surface area contributed by atoms with Crippen LogP contribution in [0.2, 0.25) is 0 Å². The molecular formula is C14H21NO7. The first-order valence-electron chi connectivity index (χ1n) is 6.75. The molecule has 8 nitrogen and oxygen atoms in total. The predicted octanol–water partition coefficient (Wildman–Crippen LogP) is -2.13. The van der Waals surface area contributed by atoms with E-state index < -0.39 is 31.0 Å². The molecule has 0 heterocycles. The number of hydrogen-bond donors (Lipinski definition) is 7. The average molecular weight is 315 g/mol. The minimum Gasteiger partial charge on any atom is -0.508 e. The number of aldehydes is 1. The van der Waals surface area contributed by atoms with Crippen molar-refractivity contribution >= 4 is 6.29 Å². The molecule has 8 heteroatoms. The zero-order valence-electron chi connectivity index (χ0n) is 11.8. The van der Waals surface area contributed by atoms with Crippen LogP contribution < -0.4 is 5.32 Å². The van der Waals surface area contributed by atoms with Crippen molar-refractivity contribution in [3.63, 3.8) is 0 Å². The van der Waals surface area contributed by atoms with Crippen molar-refractivity contribution in [1.29, 1.82) is 0 Å². The third-order valence-corrected chi connectivity index (χ3v) is 3.28. The summed E-state index contributed by atoms with van der Waals surface area (Å²) in [4.78, 5) is 11.0. The number of rotatable bonds is 9. The third-order valence-electron chi connectivity index (χ3n) is 3.28. The normalized spacial score (nSPS) is 16.7. The fourth-order valence-corrected chi connectivity index (χ4v) is 1.94. The number of nitrogens with one attached hydrogen (secondary N) is 1. The van der Waals surface area contributed by atoms with E-state index in [4.69, 9.17) is 5.11 Å². The summed E-state index contributed by atoms with van der Waals surface area (Å²) in [5, 5.41) is 58.9. The number of phenols is 2. The molecule has 0 saturated heterocycles. The van der Waals surface area contributed by atoms with E-state index in [2.05, 4.69) is 5.32 Å². The summed E-state index contributed by atoms with van der Waals surface area (Å²) in [6.45, 7) is -0.583. The molecule has 1 aromatic rings. The number of aliphatic hydroxyl groups is 4. The Kier molecular flexibility index (Phi) is 7.22. The summed E-state index contributed by atoms with van der Waals surface area (Å²) < 4.78 is 0. The maximum Gasteiger partial charge on any atom is 0.139 e. The second-order valence-corrected chi connectivity index (χ2v) is 4.91. The molecule has 7 N–H and O–H groups in total. The zero-order chi connectivity index (χ0) is 16.7. The van der Waals surface area contributed by atoms with Gasteiger partial charge < -0.3 is 40.8 Å². The quantitative estimate of drug-likeness (QED) is 0.202. The van der Waals surface area contributed by atoms with Crippen molar-refractivity contribution in [1.82, 2.24) is 5.32 Å². The van der Waals surface area contributed by atoms with Gasteiger partial charge in [0.2, 0.25) is 0 Å². The summed E-state index contributed by atoms with van der Waals surface area (Å²) in [6.07, 6.45) is -4.20. The Morgan fingerprint density at radius 3 is 2.41 bits per heavy atom. The molecule has 0 amide bonds. The standard InChI is InChI=1S/C14H21NO7/c16-6-10(13(21)14(22)12(20)7-17)15-4-3-8-5-9(18)1-2-11(8)19/h1-2,5-6,10,12-15,17-22H,3-4,7H2/t10-,12+,13+,14-/m0/s1. The molecule has 4 atom stereocenters. The number of aliphatic hydroxyl groups excluding tert-OH is 4. The van der Waals surface area contributed by atoms with Gasteiger partial charge in [-0.05, 0) is 30.2 Å². The minimum atomic E-state index is -1.68. The summed E-state index contributed by atoms with van der Waals surface area (Å²) in [5.74, 6) is -0.0280. The van der Waals surface area contributed by atoms with Gasteiger partial charge in [-0.3, -0.25) is 0 Å². The molecule has 124 valence electrons. The van der Waals surface area contributed by atoms with Crippen molar-refractivity contribution in [2.75, 3.05) is 13.2 Å². The van der Waals surface area contributed by atoms with Crippen LogP contribution in [0.4, 0.5) is 0 Å². The maximum absolute atomic E-state index is 11.0. The summed E-state index contributed by atoms with van der Waals surface area (Å²) >= 11 is 0. The molecule has 0 aromatic heterocycles. The lowest BCUT2D eigenvalue weighted by Gasteiger charge is -2.26. The molecule has 0 fully saturated rings. The highest BCUT2D eigenvalue weighted by molar-refractivity contribution is 5.58. The lowest BCUT2D eigenvalue weighted by Crippen LogP contribution is -2.52. The van der Waals surface area contributed by atoms with Crippen LogP contribution in [0.5, 0.6) is 11.5 Å². The van der Waals surface area contributed by atoms with E-state index in [1.54, 1.807) is 0 Å². The first-order valence-corrected chi connectivity index (χ1v) is 6.75. The van der Waals surface area contributed by atoms with Crippen molar-refractivity contribution in [3.8, 4) is 11.5 Å². The Balaban J connectivity index is 2.57. The number of phenolic OH excluding ortho intramolecular Hbond substituents is 2. The van der Waals surface area contributed by atoms with Crippen LogP contribution in [-0.2, 0) is 11.2 Å². The third kappa shape index (κ3) is 4.93. The minimum absolute atomic E-state index is 0.0127. The Hall–Kier alpha value is -1.71. The summed E-state index contributed by atoms with van der Waals surface area (Å²) in [7, 11) is 0. The Labute approximate surface area is 127 Å². The molecule has 0 saturated carbocycles. The molecule has 0 aliphatic heterocycles. The fraction of sp³-hybridized carbons (Fsp3) is 0.500. The Bertz CT molecular complexity index is 482. The van der Waals surface area contributed by atoms with Gasteiger partial charge in [-0.2, -0.15) is 0 Å². The number of hydrogen-bond acceptors (Lipinski definition) is 8. The van der Waals surface area contributed by atoms with Gasteiger partial charge in [-0.25, -0.2) is 0 Å². The second-order valence-electron chi connectivity index (χ2n) is 4.91. The van der Waals surface area contributed by atoms with Gasteiger partial charge >= 0.3 is 0 Å². The largest absolute Gasteiger partial charge is 0.508 e. The van der Waals surface area contributed by atoms with Gasteiger partial charge in [0, 0.05) is 6.54 Å². The fourth-order valence-electron chi connectivity index (χ4n) is 1.94. The van der Waals surface area contributed by atoms with E-state index in [0.29, 0.717) is 11.8 Å². The van der Waals surface area contributed by atoms with Gasteiger partial charge in [-0.1, -0.05) is 0 Å². The average Bonchev–Trinajstić information content (AvgIpc) is 2.52. The van der Waals surface area contributed by atoms with Crippen LogP contribution in [0.25, 0.3) is 0 Å². The van der Waals surface area contributed by atoms with Crippen molar-refractivity contribution in [3.05, 3.63) is 23.8 Å². The van der Waals surface area contributed by atoms with Crippen LogP contribution in [0.3, 0.4) is 0 Å². The SMILES string of the molecule is O=C[C@H](NCCc1cc(O)ccc1O)[C@@H](O)[C@@H](O)[C@H](O)CO. The Morgan fingerprint density at radius 1 is 1.14 bits per heavy atom. The van der Waals surface area contributed by atoms with E-state index in [0.717, 1.165) is 0 Å². The molecule has 1 aromatic carbocycles. The second kappa shape index (κ2) is 8.66. The van der Waals surface area contributed by atoms with E-state index in [9.17, 15) is 30.3 Å². The van der Waals surface area contributed by atoms with E-state index in [1.165, 1.54) is 18.2 Å². The monoisotopic (exact) mass is 315 g/mol. The van der Waals surface area contributed by atoms with Crippen molar-refractivity contribution in [2.45, 2.75) is 30.8 Å². The molecule has 22 heavy (non-hydrogen) atoms. The molecule has 1 rings (SSSR count). The molecule has 0 spiro atoms. The maximum atomic E-state index is 11.0. The molecular weight excluding hydrogens is 294 g/mol. The molecule has 0 aliphatic carbocycles. The van der Waals surface area contributed by atoms with Crippen molar-refractivity contribution in [2.24, 2.45) is 0 Å². The van der Waals surface area contributed by atoms with Gasteiger partial charge in [0.15, 0.2) is 0 Å². The lowest BCUT2D eigenvalue weighted by atomic mass is 10.0. The van der Waals surface area contributed by atoms with Gasteiger partial charge in [-0.15, -0.1) is 0 Å². The molecule has 0 aliphatic rings. The smallest absolute Gasteiger partial charge is 0.139 e. The first kappa shape index (κ1) is 18.3. The number of carbonyl (C=O) groups excluding carboxylic acids is 1. The van der Waals surface area contributed by atoms with E-state index in [1.807, 2.05) is 0 Å². The molecule has 0 bridgehead atoms. The first-order chi connectivity index (χ1) is 10.4. The molecule has 0 radical (unpaired) electrons. The zero-order valence-corrected chi connectivity index (χ0v) is 11.8. The highest BCUT2D eigenvalue weighted by atomic mass is 16.4. The van der Waals surface area contributed by atoms with E-state index in [-0.39, 0.29) is 24.5 Å². The van der Waals surface area contributed by atoms with Crippen LogP contribution in [0, 0.1) is 0 Å². The van der Waals surface area contributed by atoms with Gasteiger partial charge in [0.1, 0.15) is 36.1 Å². The predicted molar refractivity (Wildman–Crippen MR) is 76.4 cm³/mol. The van der Waals surface area contributed by atoms with Crippen LogP contribution in [0.15, 0.2) is 18.2 Å². The van der Waals surface area contributed by atoms with Crippen LogP contribution >= 0.6 is 0 Å². The lowest BCUT2D eigenvalue weighted by molar-refractivity contribution is -0.120. The van der Waals surface area contributed by atoms with Gasteiger partial charge in [0.25, 0.3) is 0 Å². The number of carbonyl (C=O) groups is 1. The summed E-state index contributed by atoms with van der Waals surface area (Å²) in [5.41, 5.74) is 0.447. The van der Waals surface area contributed by atoms with Gasteiger partial charge in [0.05, 0.1) is 12.6 Å². The van der Waals surface area contributed by atoms with Crippen molar-refractivity contribution < 1.29 is 35.4 Å².